The van der Waals surface area contributed by atoms with Crippen molar-refractivity contribution in [3.05, 3.63) is 40.9 Å². The third-order valence-corrected chi connectivity index (χ3v) is 6.57. The van der Waals surface area contributed by atoms with Crippen molar-refractivity contribution in [2.75, 3.05) is 6.54 Å². The molecule has 2 aliphatic rings. The van der Waals surface area contributed by atoms with Crippen LogP contribution in [0, 0.1) is 5.92 Å². The molecule has 2 atom stereocenters. The van der Waals surface area contributed by atoms with Crippen LogP contribution < -0.4 is 0 Å². The summed E-state index contributed by atoms with van der Waals surface area (Å²) >= 11 is 1.61. The molecule has 1 aromatic heterocycles. The van der Waals surface area contributed by atoms with Gasteiger partial charge in [0.1, 0.15) is 5.01 Å². The highest BCUT2D eigenvalue weighted by Gasteiger charge is 2.33. The second-order valence-electron chi connectivity index (χ2n) is 7.25. The van der Waals surface area contributed by atoms with Crippen LogP contribution in [0.15, 0.2) is 29.6 Å². The molecule has 5 heteroatoms. The monoisotopic (exact) mass is 356 g/mol. The number of nitrogens with zero attached hydrogens (tertiary/aromatic N) is 2. The largest absolute Gasteiger partial charge is 0.478 e. The number of carboxylic acid groups (broad SMARTS) is 1. The molecule has 0 amide bonds. The molecule has 0 spiro atoms. The summed E-state index contributed by atoms with van der Waals surface area (Å²) in [6.07, 6.45) is 8.19. The van der Waals surface area contributed by atoms with Crippen LogP contribution in [0.1, 0.15) is 54.6 Å². The average molecular weight is 356 g/mol. The normalized spacial score (nSPS) is 24.0. The van der Waals surface area contributed by atoms with E-state index in [1.165, 1.54) is 45.1 Å². The van der Waals surface area contributed by atoms with E-state index < -0.39 is 5.97 Å². The molecule has 25 heavy (non-hydrogen) atoms. The van der Waals surface area contributed by atoms with Gasteiger partial charge in [-0.1, -0.05) is 25.0 Å². The standard InChI is InChI=1S/C20H24N2O2S/c23-20(24)16-7-3-6-15(11-16)19-21-17(13-25-19)12-22-10-4-8-14-5-1-2-9-18(14)22/h3,6-7,11,13-14,18H,1-2,4-5,8-10,12H2,(H,23,24)/t14-,18-/m0/s1. The number of aromatic carboxylic acids is 1. The highest BCUT2D eigenvalue weighted by molar-refractivity contribution is 7.13. The smallest absolute Gasteiger partial charge is 0.335 e. The number of thiazole rings is 1. The number of fused-ring (bicyclic) bond motifs is 1. The van der Waals surface area contributed by atoms with Gasteiger partial charge in [0.2, 0.25) is 0 Å². The van der Waals surface area contributed by atoms with Gasteiger partial charge in [0.25, 0.3) is 0 Å². The summed E-state index contributed by atoms with van der Waals surface area (Å²) in [5.74, 6) is -0.0110. The summed E-state index contributed by atoms with van der Waals surface area (Å²) in [6, 6.07) is 7.80. The molecule has 2 fully saturated rings. The lowest BCUT2D eigenvalue weighted by Gasteiger charge is -2.44. The maximum absolute atomic E-state index is 11.2. The van der Waals surface area contributed by atoms with E-state index in [1.807, 2.05) is 6.07 Å². The SMILES string of the molecule is O=C(O)c1cccc(-c2nc(CN3CCC[C@@H]4CCCC[C@@H]43)cs2)c1. The number of hydrogen-bond donors (Lipinski definition) is 1. The van der Waals surface area contributed by atoms with Crippen LogP contribution in [0.2, 0.25) is 0 Å². The molecule has 0 bridgehead atoms. The molecule has 1 saturated heterocycles. The zero-order valence-electron chi connectivity index (χ0n) is 14.4. The fraction of sp³-hybridized carbons (Fsp3) is 0.500. The summed E-state index contributed by atoms with van der Waals surface area (Å²) in [4.78, 5) is 18.6. The van der Waals surface area contributed by atoms with Crippen molar-refractivity contribution in [3.63, 3.8) is 0 Å². The van der Waals surface area contributed by atoms with Gasteiger partial charge in [0, 0.05) is 23.5 Å². The van der Waals surface area contributed by atoms with Gasteiger partial charge in [-0.15, -0.1) is 11.3 Å². The molecule has 1 N–H and O–H groups in total. The van der Waals surface area contributed by atoms with Crippen LogP contribution in [-0.2, 0) is 6.54 Å². The first kappa shape index (κ1) is 16.7. The van der Waals surface area contributed by atoms with Crippen LogP contribution in [0.4, 0.5) is 0 Å². The van der Waals surface area contributed by atoms with Crippen molar-refractivity contribution in [1.82, 2.24) is 9.88 Å². The molecule has 0 unspecified atom stereocenters. The molecule has 132 valence electrons. The van der Waals surface area contributed by atoms with E-state index in [4.69, 9.17) is 10.1 Å². The summed E-state index contributed by atoms with van der Waals surface area (Å²) in [6.45, 7) is 2.11. The number of benzene rings is 1. The zero-order valence-corrected chi connectivity index (χ0v) is 15.2. The molecule has 1 saturated carbocycles. The first-order valence-electron chi connectivity index (χ1n) is 9.23. The van der Waals surface area contributed by atoms with E-state index in [0.29, 0.717) is 5.56 Å². The predicted molar refractivity (Wildman–Crippen MR) is 99.9 cm³/mol. The Hall–Kier alpha value is -1.72. The minimum atomic E-state index is -0.893. The van der Waals surface area contributed by atoms with Gasteiger partial charge in [-0.05, 0) is 50.3 Å². The maximum Gasteiger partial charge on any atom is 0.335 e. The molecule has 1 aliphatic carbocycles. The predicted octanol–water partition coefficient (Wildman–Crippen LogP) is 4.66. The second kappa shape index (κ2) is 7.26. The molecule has 2 heterocycles. The number of rotatable bonds is 4. The second-order valence-corrected chi connectivity index (χ2v) is 8.11. The van der Waals surface area contributed by atoms with Gasteiger partial charge in [-0.3, -0.25) is 4.90 Å². The Kier molecular flexibility index (Phi) is 4.86. The molecular formula is C20H24N2O2S. The van der Waals surface area contributed by atoms with E-state index in [-0.39, 0.29) is 0 Å². The fourth-order valence-electron chi connectivity index (χ4n) is 4.43. The van der Waals surface area contributed by atoms with Gasteiger partial charge in [-0.2, -0.15) is 0 Å². The topological polar surface area (TPSA) is 53.4 Å². The van der Waals surface area contributed by atoms with Crippen molar-refractivity contribution in [1.29, 1.82) is 0 Å². The lowest BCUT2D eigenvalue weighted by molar-refractivity contribution is 0.0539. The molecule has 0 radical (unpaired) electrons. The van der Waals surface area contributed by atoms with Crippen LogP contribution in [0.3, 0.4) is 0 Å². The van der Waals surface area contributed by atoms with Crippen LogP contribution in [-0.4, -0.2) is 33.5 Å². The third kappa shape index (κ3) is 3.62. The zero-order chi connectivity index (χ0) is 17.2. The minimum absolute atomic E-state index is 0.315. The van der Waals surface area contributed by atoms with Gasteiger partial charge >= 0.3 is 5.97 Å². The molecular weight excluding hydrogens is 332 g/mol. The van der Waals surface area contributed by atoms with Gasteiger partial charge in [0.05, 0.1) is 11.3 Å². The van der Waals surface area contributed by atoms with E-state index in [2.05, 4.69) is 10.3 Å². The van der Waals surface area contributed by atoms with Crippen molar-refractivity contribution in [3.8, 4) is 10.6 Å². The first-order chi connectivity index (χ1) is 12.2. The van der Waals surface area contributed by atoms with Crippen LogP contribution in [0.25, 0.3) is 10.6 Å². The summed E-state index contributed by atoms with van der Waals surface area (Å²) in [7, 11) is 0. The number of hydrogen-bond acceptors (Lipinski definition) is 4. The Morgan fingerprint density at radius 1 is 1.24 bits per heavy atom. The minimum Gasteiger partial charge on any atom is -0.478 e. The Balaban J connectivity index is 1.49. The Labute approximate surface area is 152 Å². The highest BCUT2D eigenvalue weighted by Crippen LogP contribution is 2.36. The number of aromatic nitrogens is 1. The van der Waals surface area contributed by atoms with E-state index in [9.17, 15) is 4.79 Å². The van der Waals surface area contributed by atoms with E-state index >= 15 is 0 Å². The molecule has 4 nitrogen and oxygen atoms in total. The van der Waals surface area contributed by atoms with E-state index in [1.54, 1.807) is 29.5 Å². The lowest BCUT2D eigenvalue weighted by Crippen LogP contribution is -2.46. The van der Waals surface area contributed by atoms with Crippen molar-refractivity contribution >= 4 is 17.3 Å². The van der Waals surface area contributed by atoms with Crippen LogP contribution in [0.5, 0.6) is 0 Å². The number of carboxylic acids is 1. The van der Waals surface area contributed by atoms with Crippen molar-refractivity contribution in [2.45, 2.75) is 51.1 Å². The summed E-state index contributed by atoms with van der Waals surface area (Å²) < 4.78 is 0. The average Bonchev–Trinajstić information content (AvgIpc) is 3.11. The lowest BCUT2D eigenvalue weighted by atomic mass is 9.78. The summed E-state index contributed by atoms with van der Waals surface area (Å²) in [5.41, 5.74) is 2.33. The maximum atomic E-state index is 11.2. The van der Waals surface area contributed by atoms with Gasteiger partial charge in [0.15, 0.2) is 0 Å². The molecule has 1 aromatic carbocycles. The number of likely N-dealkylation sites (tertiary alicyclic amines) is 1. The van der Waals surface area contributed by atoms with Crippen LogP contribution >= 0.6 is 11.3 Å². The van der Waals surface area contributed by atoms with E-state index in [0.717, 1.165) is 34.8 Å². The van der Waals surface area contributed by atoms with Crippen molar-refractivity contribution in [2.24, 2.45) is 5.92 Å². The molecule has 2 aromatic rings. The number of piperidine rings is 1. The highest BCUT2D eigenvalue weighted by atomic mass is 32.1. The Bertz CT molecular complexity index is 756. The quantitative estimate of drug-likeness (QED) is 0.865. The summed E-state index contributed by atoms with van der Waals surface area (Å²) in [5, 5.41) is 12.2. The van der Waals surface area contributed by atoms with Gasteiger partial charge < -0.3 is 5.11 Å². The molecule has 1 aliphatic heterocycles. The first-order valence-corrected chi connectivity index (χ1v) is 10.1. The third-order valence-electron chi connectivity index (χ3n) is 5.63. The van der Waals surface area contributed by atoms with Crippen molar-refractivity contribution < 1.29 is 9.90 Å². The molecule has 4 rings (SSSR count). The Morgan fingerprint density at radius 2 is 2.08 bits per heavy atom. The Morgan fingerprint density at radius 3 is 2.96 bits per heavy atom. The fourth-order valence-corrected chi connectivity index (χ4v) is 5.24. The van der Waals surface area contributed by atoms with Gasteiger partial charge in [-0.25, -0.2) is 9.78 Å². The number of carbonyl (C=O) groups is 1.